The molecule has 0 radical (unpaired) electrons. The third kappa shape index (κ3) is 4.01. The van der Waals surface area contributed by atoms with E-state index in [9.17, 15) is 9.59 Å². The summed E-state index contributed by atoms with van der Waals surface area (Å²) >= 11 is 0. The zero-order chi connectivity index (χ0) is 16.8. The van der Waals surface area contributed by atoms with Gasteiger partial charge in [-0.2, -0.15) is 0 Å². The molecule has 2 aromatic rings. The predicted molar refractivity (Wildman–Crippen MR) is 89.5 cm³/mol. The van der Waals surface area contributed by atoms with Gasteiger partial charge in [0, 0.05) is 12.4 Å². The van der Waals surface area contributed by atoms with Gasteiger partial charge in [0.2, 0.25) is 5.91 Å². The van der Waals surface area contributed by atoms with Crippen LogP contribution in [-0.2, 0) is 22.7 Å². The van der Waals surface area contributed by atoms with Crippen LogP contribution >= 0.6 is 0 Å². The van der Waals surface area contributed by atoms with Gasteiger partial charge in [0.05, 0.1) is 6.54 Å². The highest BCUT2D eigenvalue weighted by Gasteiger charge is 2.24. The van der Waals surface area contributed by atoms with Gasteiger partial charge in [-0.05, 0) is 11.1 Å². The number of benzene rings is 2. The number of nitrogens with zero attached hydrogens (tertiary/aromatic N) is 2. The lowest BCUT2D eigenvalue weighted by molar-refractivity contribution is -0.130. The second kappa shape index (κ2) is 7.46. The van der Waals surface area contributed by atoms with Gasteiger partial charge in [0.25, 0.3) is 0 Å². The summed E-state index contributed by atoms with van der Waals surface area (Å²) in [4.78, 5) is 27.2. The monoisotopic (exact) mass is 322 g/mol. The first kappa shape index (κ1) is 15.8. The van der Waals surface area contributed by atoms with Crippen molar-refractivity contribution in [3.63, 3.8) is 0 Å². The minimum atomic E-state index is -0.525. The smallest absolute Gasteiger partial charge is 0.414 e. The van der Waals surface area contributed by atoms with E-state index in [0.29, 0.717) is 6.54 Å². The van der Waals surface area contributed by atoms with Crippen molar-refractivity contribution >= 4 is 12.0 Å². The fourth-order valence-electron chi connectivity index (χ4n) is 2.38. The lowest BCUT2D eigenvalue weighted by Crippen LogP contribution is -2.42. The van der Waals surface area contributed by atoms with E-state index in [2.05, 4.69) is 0 Å². The zero-order valence-corrected chi connectivity index (χ0v) is 13.2. The fraction of sp³-hybridized carbons (Fsp3) is 0.158. The molecule has 0 spiro atoms. The van der Waals surface area contributed by atoms with Gasteiger partial charge in [-0.25, -0.2) is 4.79 Å². The summed E-state index contributed by atoms with van der Waals surface area (Å²) in [7, 11) is 0. The van der Waals surface area contributed by atoms with Crippen LogP contribution in [0.4, 0.5) is 4.79 Å². The molecule has 1 aliphatic rings. The molecule has 0 atom stereocenters. The maximum absolute atomic E-state index is 12.2. The van der Waals surface area contributed by atoms with Crippen LogP contribution in [0, 0.1) is 0 Å². The molecule has 2 amide bonds. The lowest BCUT2D eigenvalue weighted by atomic mass is 10.2. The van der Waals surface area contributed by atoms with Crippen molar-refractivity contribution in [3.8, 4) is 0 Å². The molecule has 3 rings (SSSR count). The second-order valence-electron chi connectivity index (χ2n) is 5.47. The molecule has 24 heavy (non-hydrogen) atoms. The van der Waals surface area contributed by atoms with Crippen molar-refractivity contribution in [2.75, 3.05) is 6.54 Å². The molecule has 1 heterocycles. The molecule has 2 aromatic carbocycles. The van der Waals surface area contributed by atoms with E-state index in [1.165, 1.54) is 4.90 Å². The van der Waals surface area contributed by atoms with Crippen molar-refractivity contribution in [1.29, 1.82) is 0 Å². The molecular formula is C19H18N2O3. The molecule has 0 saturated heterocycles. The number of ether oxygens (including phenoxy) is 1. The average molecular weight is 322 g/mol. The van der Waals surface area contributed by atoms with E-state index < -0.39 is 6.09 Å². The van der Waals surface area contributed by atoms with E-state index in [4.69, 9.17) is 4.74 Å². The minimum Gasteiger partial charge on any atom is -0.444 e. The van der Waals surface area contributed by atoms with Gasteiger partial charge in [-0.1, -0.05) is 60.7 Å². The highest BCUT2D eigenvalue weighted by molar-refractivity contribution is 5.85. The van der Waals surface area contributed by atoms with Crippen molar-refractivity contribution in [3.05, 3.63) is 84.2 Å². The molecule has 0 aromatic heterocycles. The molecule has 5 heteroatoms. The summed E-state index contributed by atoms with van der Waals surface area (Å²) in [5.41, 5.74) is 1.94. The summed E-state index contributed by atoms with van der Waals surface area (Å²) in [6.07, 6.45) is 2.67. The van der Waals surface area contributed by atoms with Gasteiger partial charge in [-0.3, -0.25) is 9.69 Å². The van der Waals surface area contributed by atoms with Crippen molar-refractivity contribution in [2.45, 2.75) is 13.2 Å². The average Bonchev–Trinajstić information content (AvgIpc) is 2.63. The Bertz CT molecular complexity index is 729. The topological polar surface area (TPSA) is 49.9 Å². The Labute approximate surface area is 140 Å². The van der Waals surface area contributed by atoms with Gasteiger partial charge >= 0.3 is 6.09 Å². The Morgan fingerprint density at radius 2 is 1.54 bits per heavy atom. The Balaban J connectivity index is 1.56. The standard InChI is InChI=1S/C19H18N2O3/c22-18-14-21(19(23)24-15-17-9-5-2-6-10-17)12-11-20(18)13-16-7-3-1-4-8-16/h1-12H,13-15H2. The van der Waals surface area contributed by atoms with E-state index in [0.717, 1.165) is 11.1 Å². The van der Waals surface area contributed by atoms with E-state index in [-0.39, 0.29) is 19.1 Å². The van der Waals surface area contributed by atoms with E-state index >= 15 is 0 Å². The Morgan fingerprint density at radius 3 is 2.17 bits per heavy atom. The van der Waals surface area contributed by atoms with Crippen LogP contribution in [0.25, 0.3) is 0 Å². The third-order valence-electron chi connectivity index (χ3n) is 3.69. The Morgan fingerprint density at radius 1 is 0.917 bits per heavy atom. The number of carbonyl (C=O) groups excluding carboxylic acids is 2. The number of hydrogen-bond acceptors (Lipinski definition) is 3. The minimum absolute atomic E-state index is 0.0169. The predicted octanol–water partition coefficient (Wildman–Crippen LogP) is 3.14. The molecule has 0 N–H and O–H groups in total. The van der Waals surface area contributed by atoms with Gasteiger partial charge in [0.1, 0.15) is 13.2 Å². The fourth-order valence-corrected chi connectivity index (χ4v) is 2.38. The summed E-state index contributed by atoms with van der Waals surface area (Å²) in [5.74, 6) is -0.141. The molecule has 0 saturated carbocycles. The van der Waals surface area contributed by atoms with Crippen LogP contribution in [0.2, 0.25) is 0 Å². The van der Waals surface area contributed by atoms with E-state index in [1.54, 1.807) is 17.3 Å². The van der Waals surface area contributed by atoms with Crippen molar-refractivity contribution in [2.24, 2.45) is 0 Å². The molecule has 1 aliphatic heterocycles. The van der Waals surface area contributed by atoms with E-state index in [1.807, 2.05) is 60.7 Å². The quantitative estimate of drug-likeness (QED) is 0.869. The Kier molecular flexibility index (Phi) is 4.91. The largest absolute Gasteiger partial charge is 0.444 e. The van der Waals surface area contributed by atoms with Crippen molar-refractivity contribution in [1.82, 2.24) is 9.80 Å². The highest BCUT2D eigenvalue weighted by atomic mass is 16.6. The number of hydrogen-bond donors (Lipinski definition) is 0. The molecule has 0 unspecified atom stereocenters. The maximum atomic E-state index is 12.2. The van der Waals surface area contributed by atoms with Crippen LogP contribution in [-0.4, -0.2) is 28.3 Å². The van der Waals surface area contributed by atoms with Gasteiger partial charge in [-0.15, -0.1) is 0 Å². The Hall–Kier alpha value is -3.08. The van der Waals surface area contributed by atoms with Crippen LogP contribution in [0.15, 0.2) is 73.1 Å². The summed E-state index contributed by atoms with van der Waals surface area (Å²) < 4.78 is 5.23. The summed E-state index contributed by atoms with van der Waals surface area (Å²) in [6.45, 7) is 0.659. The summed E-state index contributed by atoms with van der Waals surface area (Å²) in [6, 6.07) is 19.1. The van der Waals surface area contributed by atoms with Crippen molar-refractivity contribution < 1.29 is 14.3 Å². The first-order valence-electron chi connectivity index (χ1n) is 7.71. The number of amides is 2. The molecular weight excluding hydrogens is 304 g/mol. The maximum Gasteiger partial charge on any atom is 0.414 e. The summed E-state index contributed by atoms with van der Waals surface area (Å²) in [5, 5.41) is 0. The van der Waals surface area contributed by atoms with Crippen LogP contribution in [0.3, 0.4) is 0 Å². The molecule has 5 nitrogen and oxygen atoms in total. The first-order valence-corrected chi connectivity index (χ1v) is 7.71. The first-order chi connectivity index (χ1) is 11.7. The molecule has 0 bridgehead atoms. The van der Waals surface area contributed by atoms with Gasteiger partial charge < -0.3 is 9.64 Å². The molecule has 122 valence electrons. The third-order valence-corrected chi connectivity index (χ3v) is 3.69. The number of rotatable bonds is 4. The SMILES string of the molecule is O=C1CN(C(=O)OCc2ccccc2)C=CN1Cc1ccccc1. The zero-order valence-electron chi connectivity index (χ0n) is 13.2. The van der Waals surface area contributed by atoms with Gasteiger partial charge in [0.15, 0.2) is 0 Å². The highest BCUT2D eigenvalue weighted by Crippen LogP contribution is 2.12. The molecule has 0 aliphatic carbocycles. The molecule has 0 fully saturated rings. The second-order valence-corrected chi connectivity index (χ2v) is 5.47. The van der Waals surface area contributed by atoms with Crippen LogP contribution < -0.4 is 0 Å². The van der Waals surface area contributed by atoms with Crippen LogP contribution in [0.5, 0.6) is 0 Å². The number of carbonyl (C=O) groups is 2. The normalized spacial score (nSPS) is 13.9. The lowest BCUT2D eigenvalue weighted by Gasteiger charge is -2.28. The van der Waals surface area contributed by atoms with Crippen LogP contribution in [0.1, 0.15) is 11.1 Å².